The summed E-state index contributed by atoms with van der Waals surface area (Å²) in [5, 5.41) is 5.57. The van der Waals surface area contributed by atoms with Crippen LogP contribution in [0.25, 0.3) is 0 Å². The maximum absolute atomic E-state index is 12.1. The lowest BCUT2D eigenvalue weighted by atomic mass is 10.1. The summed E-state index contributed by atoms with van der Waals surface area (Å²) in [6.45, 7) is 9.43. The standard InChI is InChI=1S/C24H39N3O5/c1-24(2,3)32-23(29)25-12-6-9-22(28)26-18-19-7-5-8-21(17-19)31-16-13-27(4)20-10-14-30-15-11-20/h5,7-8,17,20H,6,9-16,18H2,1-4H3,(H,25,29)(H,26,28). The van der Waals surface area contributed by atoms with Gasteiger partial charge in [0.2, 0.25) is 5.91 Å². The summed E-state index contributed by atoms with van der Waals surface area (Å²) >= 11 is 0. The van der Waals surface area contributed by atoms with Crippen LogP contribution in [0.1, 0.15) is 52.0 Å². The quantitative estimate of drug-likeness (QED) is 0.505. The van der Waals surface area contributed by atoms with E-state index in [1.54, 1.807) is 0 Å². The lowest BCUT2D eigenvalue weighted by Crippen LogP contribution is -2.38. The number of hydrogen-bond donors (Lipinski definition) is 2. The van der Waals surface area contributed by atoms with Gasteiger partial charge in [-0.05, 0) is 64.8 Å². The van der Waals surface area contributed by atoms with Gasteiger partial charge in [0.05, 0.1) is 0 Å². The van der Waals surface area contributed by atoms with E-state index >= 15 is 0 Å². The lowest BCUT2D eigenvalue weighted by molar-refractivity contribution is -0.121. The van der Waals surface area contributed by atoms with Crippen LogP contribution in [0.2, 0.25) is 0 Å². The highest BCUT2D eigenvalue weighted by Crippen LogP contribution is 2.15. The maximum Gasteiger partial charge on any atom is 0.407 e. The minimum atomic E-state index is -0.527. The smallest absolute Gasteiger partial charge is 0.407 e. The summed E-state index contributed by atoms with van der Waals surface area (Å²) < 4.78 is 16.5. The number of amides is 2. The summed E-state index contributed by atoms with van der Waals surface area (Å²) in [6, 6.07) is 8.35. The first kappa shape index (κ1) is 25.9. The van der Waals surface area contributed by atoms with Crippen molar-refractivity contribution in [2.75, 3.05) is 40.0 Å². The van der Waals surface area contributed by atoms with Gasteiger partial charge in [-0.2, -0.15) is 0 Å². The topological polar surface area (TPSA) is 89.1 Å². The van der Waals surface area contributed by atoms with Crippen molar-refractivity contribution in [3.63, 3.8) is 0 Å². The second kappa shape index (κ2) is 13.3. The molecule has 1 aliphatic rings. The molecule has 180 valence electrons. The van der Waals surface area contributed by atoms with Crippen molar-refractivity contribution in [3.8, 4) is 5.75 Å². The van der Waals surface area contributed by atoms with Crippen LogP contribution >= 0.6 is 0 Å². The van der Waals surface area contributed by atoms with Crippen LogP contribution in [0, 0.1) is 0 Å². The van der Waals surface area contributed by atoms with Crippen LogP contribution in [0.15, 0.2) is 24.3 Å². The van der Waals surface area contributed by atoms with Gasteiger partial charge in [-0.15, -0.1) is 0 Å². The fraction of sp³-hybridized carbons (Fsp3) is 0.667. The molecule has 0 spiro atoms. The number of benzene rings is 1. The Hall–Kier alpha value is -2.32. The second-order valence-electron chi connectivity index (χ2n) is 9.13. The Bertz CT molecular complexity index is 714. The third kappa shape index (κ3) is 10.8. The molecule has 0 aromatic heterocycles. The molecule has 1 saturated heterocycles. The number of carbonyl (C=O) groups is 2. The van der Waals surface area contributed by atoms with E-state index in [1.165, 1.54) is 0 Å². The van der Waals surface area contributed by atoms with Crippen LogP contribution in [-0.4, -0.2) is 68.5 Å². The molecule has 0 radical (unpaired) electrons. The fourth-order valence-corrected chi connectivity index (χ4v) is 3.40. The van der Waals surface area contributed by atoms with E-state index in [-0.39, 0.29) is 5.91 Å². The molecular weight excluding hydrogens is 410 g/mol. The average Bonchev–Trinajstić information content (AvgIpc) is 2.75. The third-order valence-electron chi connectivity index (χ3n) is 5.16. The first-order chi connectivity index (χ1) is 15.2. The number of rotatable bonds is 11. The number of nitrogens with one attached hydrogen (secondary N) is 2. The number of alkyl carbamates (subject to hydrolysis) is 1. The molecule has 1 aliphatic heterocycles. The highest BCUT2D eigenvalue weighted by molar-refractivity contribution is 5.76. The fourth-order valence-electron chi connectivity index (χ4n) is 3.40. The Balaban J connectivity index is 1.61. The van der Waals surface area contributed by atoms with E-state index in [1.807, 2.05) is 45.0 Å². The molecule has 1 heterocycles. The molecule has 2 rings (SSSR count). The molecule has 2 amide bonds. The Morgan fingerprint density at radius 2 is 1.94 bits per heavy atom. The van der Waals surface area contributed by atoms with E-state index in [9.17, 15) is 9.59 Å². The monoisotopic (exact) mass is 449 g/mol. The van der Waals surface area contributed by atoms with E-state index in [0.29, 0.717) is 38.6 Å². The van der Waals surface area contributed by atoms with Crippen molar-refractivity contribution in [1.82, 2.24) is 15.5 Å². The zero-order valence-corrected chi connectivity index (χ0v) is 19.9. The molecule has 1 fully saturated rings. The summed E-state index contributed by atoms with van der Waals surface area (Å²) in [7, 11) is 2.13. The molecule has 8 heteroatoms. The zero-order valence-electron chi connectivity index (χ0n) is 19.9. The van der Waals surface area contributed by atoms with Crippen molar-refractivity contribution < 1.29 is 23.8 Å². The average molecular weight is 450 g/mol. The van der Waals surface area contributed by atoms with Crippen molar-refractivity contribution in [1.29, 1.82) is 0 Å². The minimum absolute atomic E-state index is 0.0552. The Labute approximate surface area is 192 Å². The molecule has 0 unspecified atom stereocenters. The lowest BCUT2D eigenvalue weighted by Gasteiger charge is -2.31. The third-order valence-corrected chi connectivity index (χ3v) is 5.16. The molecule has 0 bridgehead atoms. The van der Waals surface area contributed by atoms with Crippen LogP contribution < -0.4 is 15.4 Å². The van der Waals surface area contributed by atoms with E-state index in [2.05, 4.69) is 22.6 Å². The number of ether oxygens (including phenoxy) is 3. The van der Waals surface area contributed by atoms with Gasteiger partial charge in [-0.3, -0.25) is 9.69 Å². The van der Waals surface area contributed by atoms with E-state index < -0.39 is 11.7 Å². The van der Waals surface area contributed by atoms with Gasteiger partial charge in [0.25, 0.3) is 0 Å². The van der Waals surface area contributed by atoms with E-state index in [0.717, 1.165) is 43.9 Å². The first-order valence-electron chi connectivity index (χ1n) is 11.5. The largest absolute Gasteiger partial charge is 0.492 e. The van der Waals surface area contributed by atoms with Crippen LogP contribution in [0.3, 0.4) is 0 Å². The molecule has 8 nitrogen and oxygen atoms in total. The van der Waals surface area contributed by atoms with Crippen LogP contribution in [-0.2, 0) is 20.8 Å². The highest BCUT2D eigenvalue weighted by atomic mass is 16.6. The molecule has 2 N–H and O–H groups in total. The highest BCUT2D eigenvalue weighted by Gasteiger charge is 2.18. The molecule has 32 heavy (non-hydrogen) atoms. The van der Waals surface area contributed by atoms with Gasteiger partial charge < -0.3 is 24.8 Å². The van der Waals surface area contributed by atoms with Crippen molar-refractivity contribution in [2.24, 2.45) is 0 Å². The number of hydrogen-bond acceptors (Lipinski definition) is 6. The van der Waals surface area contributed by atoms with Crippen LogP contribution in [0.5, 0.6) is 5.75 Å². The van der Waals surface area contributed by atoms with E-state index in [4.69, 9.17) is 14.2 Å². The van der Waals surface area contributed by atoms with Gasteiger partial charge >= 0.3 is 6.09 Å². The van der Waals surface area contributed by atoms with Gasteiger partial charge in [0.1, 0.15) is 18.0 Å². The van der Waals surface area contributed by atoms with Gasteiger partial charge in [0.15, 0.2) is 0 Å². The van der Waals surface area contributed by atoms with Gasteiger partial charge in [0, 0.05) is 45.3 Å². The van der Waals surface area contributed by atoms with Crippen molar-refractivity contribution >= 4 is 12.0 Å². The zero-order chi connectivity index (χ0) is 23.4. The SMILES string of the molecule is CN(CCOc1cccc(CNC(=O)CCCNC(=O)OC(C)(C)C)c1)C1CCOCC1. The summed E-state index contributed by atoms with van der Waals surface area (Å²) in [6.07, 6.45) is 2.57. The molecule has 0 aliphatic carbocycles. The van der Waals surface area contributed by atoms with Crippen molar-refractivity contribution in [3.05, 3.63) is 29.8 Å². The molecular formula is C24H39N3O5. The maximum atomic E-state index is 12.1. The number of nitrogens with zero attached hydrogens (tertiary/aromatic N) is 1. The van der Waals surface area contributed by atoms with Crippen molar-refractivity contribution in [2.45, 2.75) is 64.6 Å². The number of likely N-dealkylation sites (N-methyl/N-ethyl adjacent to an activating group) is 1. The Morgan fingerprint density at radius 1 is 1.19 bits per heavy atom. The molecule has 0 saturated carbocycles. The Morgan fingerprint density at radius 3 is 2.66 bits per heavy atom. The number of carbonyl (C=O) groups excluding carboxylic acids is 2. The summed E-state index contributed by atoms with van der Waals surface area (Å²) in [4.78, 5) is 26.0. The van der Waals surface area contributed by atoms with Gasteiger partial charge in [-0.25, -0.2) is 4.79 Å². The minimum Gasteiger partial charge on any atom is -0.492 e. The molecule has 1 aromatic rings. The normalized spacial score (nSPS) is 14.8. The summed E-state index contributed by atoms with van der Waals surface area (Å²) in [5.74, 6) is 0.749. The predicted molar refractivity (Wildman–Crippen MR) is 124 cm³/mol. The predicted octanol–water partition coefficient (Wildman–Crippen LogP) is 3.10. The molecule has 0 atom stereocenters. The first-order valence-corrected chi connectivity index (χ1v) is 11.5. The molecule has 1 aromatic carbocycles. The van der Waals surface area contributed by atoms with Crippen LogP contribution in [0.4, 0.5) is 4.79 Å². The Kier molecular flexibility index (Phi) is 10.8. The van der Waals surface area contributed by atoms with Gasteiger partial charge in [-0.1, -0.05) is 12.1 Å². The summed E-state index contributed by atoms with van der Waals surface area (Å²) in [5.41, 5.74) is 0.459. The second-order valence-corrected chi connectivity index (χ2v) is 9.13.